The van der Waals surface area contributed by atoms with Gasteiger partial charge in [-0.15, -0.1) is 0 Å². The first-order valence-corrected chi connectivity index (χ1v) is 5.56. The van der Waals surface area contributed by atoms with Gasteiger partial charge in [-0.25, -0.2) is 0 Å². The van der Waals surface area contributed by atoms with Gasteiger partial charge < -0.3 is 21.6 Å². The number of aliphatic hydroxyl groups excluding tert-OH is 1. The average molecular weight is 233 g/mol. The van der Waals surface area contributed by atoms with Crippen molar-refractivity contribution in [3.05, 3.63) is 47.7 Å². The fraction of sp³-hybridized carbons (Fsp3) is 0.308. The first-order chi connectivity index (χ1) is 8.15. The Morgan fingerprint density at radius 1 is 1.47 bits per heavy atom. The summed E-state index contributed by atoms with van der Waals surface area (Å²) in [7, 11) is 0. The molecule has 0 saturated carbocycles. The normalized spacial score (nSPS) is 15.1. The second kappa shape index (κ2) is 6.83. The Balaban J connectivity index is 2.54. The summed E-state index contributed by atoms with van der Waals surface area (Å²) >= 11 is 0. The van der Waals surface area contributed by atoms with Gasteiger partial charge in [0.1, 0.15) is 0 Å². The summed E-state index contributed by atoms with van der Waals surface area (Å²) in [5, 5.41) is 20.0. The number of rotatable bonds is 6. The van der Waals surface area contributed by atoms with Crippen molar-refractivity contribution in [2.24, 2.45) is 5.73 Å². The Labute approximate surface area is 102 Å². The van der Waals surface area contributed by atoms with Gasteiger partial charge in [0, 0.05) is 30.6 Å². The lowest BCUT2D eigenvalue weighted by molar-refractivity contribution is 0.192. The van der Waals surface area contributed by atoms with E-state index < -0.39 is 6.10 Å². The number of hydrogen-bond donors (Lipinski definition) is 4. The Bertz CT molecular complexity index is 374. The van der Waals surface area contributed by atoms with E-state index in [0.29, 0.717) is 12.1 Å². The molecule has 1 aromatic rings. The van der Waals surface area contributed by atoms with Crippen LogP contribution >= 0.6 is 0 Å². The van der Waals surface area contributed by atoms with Crippen LogP contribution in [-0.2, 0) is 6.54 Å². The maximum atomic E-state index is 9.70. The zero-order valence-corrected chi connectivity index (χ0v) is 9.93. The van der Waals surface area contributed by atoms with Crippen LogP contribution in [0.1, 0.15) is 12.5 Å². The van der Waals surface area contributed by atoms with E-state index in [4.69, 9.17) is 11.1 Å². The quantitative estimate of drug-likeness (QED) is 0.554. The van der Waals surface area contributed by atoms with Crippen molar-refractivity contribution in [1.29, 1.82) is 5.41 Å². The van der Waals surface area contributed by atoms with Crippen LogP contribution in [0.2, 0.25) is 0 Å². The van der Waals surface area contributed by atoms with Gasteiger partial charge in [-0.05, 0) is 12.5 Å². The van der Waals surface area contributed by atoms with Crippen LogP contribution in [0.25, 0.3) is 0 Å². The van der Waals surface area contributed by atoms with Crippen molar-refractivity contribution < 1.29 is 5.11 Å². The Morgan fingerprint density at radius 2 is 2.12 bits per heavy atom. The van der Waals surface area contributed by atoms with E-state index in [1.54, 1.807) is 13.1 Å². The summed E-state index contributed by atoms with van der Waals surface area (Å²) in [6, 6.07) is 9.52. The lowest BCUT2D eigenvalue weighted by Crippen LogP contribution is -2.34. The fourth-order valence-electron chi connectivity index (χ4n) is 1.40. The summed E-state index contributed by atoms with van der Waals surface area (Å²) in [4.78, 5) is 0. The summed E-state index contributed by atoms with van der Waals surface area (Å²) in [5.41, 5.74) is 7.20. The summed E-state index contributed by atoms with van der Waals surface area (Å²) in [6.45, 7) is 2.36. The van der Waals surface area contributed by atoms with Crippen LogP contribution in [0.3, 0.4) is 0 Å². The first-order valence-electron chi connectivity index (χ1n) is 5.56. The molecule has 0 saturated heterocycles. The van der Waals surface area contributed by atoms with Crippen LogP contribution in [0.15, 0.2) is 42.1 Å². The van der Waals surface area contributed by atoms with Crippen molar-refractivity contribution in [1.82, 2.24) is 5.32 Å². The molecule has 0 aliphatic carbocycles. The monoisotopic (exact) mass is 233 g/mol. The largest absolute Gasteiger partial charge is 0.387 e. The highest BCUT2D eigenvalue weighted by molar-refractivity contribution is 5.77. The van der Waals surface area contributed by atoms with Crippen molar-refractivity contribution in [3.8, 4) is 0 Å². The molecule has 1 rings (SSSR count). The molecule has 2 unspecified atom stereocenters. The third-order valence-electron chi connectivity index (χ3n) is 2.42. The molecule has 2 atom stereocenters. The number of aliphatic hydroxyl groups is 1. The first kappa shape index (κ1) is 13.4. The van der Waals surface area contributed by atoms with Gasteiger partial charge in [-0.2, -0.15) is 0 Å². The SMILES string of the molecule is CC(N)C(O)/C(C=N)=C/NCc1ccccc1. The molecule has 17 heavy (non-hydrogen) atoms. The minimum absolute atomic E-state index is 0.388. The van der Waals surface area contributed by atoms with E-state index in [0.717, 1.165) is 11.8 Å². The average Bonchev–Trinajstić information content (AvgIpc) is 2.35. The van der Waals surface area contributed by atoms with Gasteiger partial charge in [-0.1, -0.05) is 30.3 Å². The molecule has 0 bridgehead atoms. The molecule has 0 amide bonds. The predicted molar refractivity (Wildman–Crippen MR) is 69.8 cm³/mol. The van der Waals surface area contributed by atoms with Gasteiger partial charge in [-0.3, -0.25) is 0 Å². The lowest BCUT2D eigenvalue weighted by atomic mass is 10.1. The standard InChI is InChI=1S/C13H19N3O/c1-10(15)13(17)12(7-14)9-16-8-11-5-3-2-4-6-11/h2-7,9-10,13-14,16-17H,8,15H2,1H3/b12-9+,14-7?. The zero-order valence-electron chi connectivity index (χ0n) is 9.93. The fourth-order valence-corrected chi connectivity index (χ4v) is 1.40. The Kier molecular flexibility index (Phi) is 5.39. The van der Waals surface area contributed by atoms with Crippen LogP contribution < -0.4 is 11.1 Å². The Hall–Kier alpha value is -1.65. The molecule has 92 valence electrons. The number of nitrogens with one attached hydrogen (secondary N) is 2. The molecule has 0 spiro atoms. The van der Waals surface area contributed by atoms with E-state index in [9.17, 15) is 5.11 Å². The molecule has 0 heterocycles. The van der Waals surface area contributed by atoms with Crippen LogP contribution in [0, 0.1) is 5.41 Å². The molecular formula is C13H19N3O. The van der Waals surface area contributed by atoms with Crippen molar-refractivity contribution >= 4 is 6.21 Å². The zero-order chi connectivity index (χ0) is 12.7. The minimum Gasteiger partial charge on any atom is -0.387 e. The van der Waals surface area contributed by atoms with E-state index in [2.05, 4.69) is 5.32 Å². The summed E-state index contributed by atoms with van der Waals surface area (Å²) in [5.74, 6) is 0. The maximum Gasteiger partial charge on any atom is 0.0966 e. The second-order valence-electron chi connectivity index (χ2n) is 3.96. The van der Waals surface area contributed by atoms with Crippen molar-refractivity contribution in [2.45, 2.75) is 25.6 Å². The van der Waals surface area contributed by atoms with Gasteiger partial charge in [0.25, 0.3) is 0 Å². The molecule has 5 N–H and O–H groups in total. The predicted octanol–water partition coefficient (Wildman–Crippen LogP) is 1.02. The van der Waals surface area contributed by atoms with Gasteiger partial charge in [0.05, 0.1) is 6.10 Å². The molecule has 0 radical (unpaired) electrons. The van der Waals surface area contributed by atoms with Gasteiger partial charge in [0.15, 0.2) is 0 Å². The summed E-state index contributed by atoms with van der Waals surface area (Å²) in [6.07, 6.45) is 1.94. The maximum absolute atomic E-state index is 9.70. The lowest BCUT2D eigenvalue weighted by Gasteiger charge is -2.15. The highest BCUT2D eigenvalue weighted by Crippen LogP contribution is 2.02. The van der Waals surface area contributed by atoms with E-state index >= 15 is 0 Å². The van der Waals surface area contributed by atoms with Crippen molar-refractivity contribution in [3.63, 3.8) is 0 Å². The second-order valence-corrected chi connectivity index (χ2v) is 3.96. The molecule has 0 fully saturated rings. The number of hydrogen-bond acceptors (Lipinski definition) is 4. The van der Waals surface area contributed by atoms with E-state index in [-0.39, 0.29) is 6.04 Å². The highest BCUT2D eigenvalue weighted by Gasteiger charge is 2.12. The molecule has 1 aromatic carbocycles. The minimum atomic E-state index is -0.809. The molecule has 0 aliphatic rings. The third-order valence-corrected chi connectivity index (χ3v) is 2.42. The molecule has 4 heteroatoms. The van der Waals surface area contributed by atoms with E-state index in [1.165, 1.54) is 0 Å². The van der Waals surface area contributed by atoms with Crippen LogP contribution in [0.4, 0.5) is 0 Å². The molecular weight excluding hydrogens is 214 g/mol. The van der Waals surface area contributed by atoms with Crippen LogP contribution in [-0.4, -0.2) is 23.5 Å². The van der Waals surface area contributed by atoms with Gasteiger partial charge in [0.2, 0.25) is 0 Å². The third kappa shape index (κ3) is 4.38. The molecule has 0 aliphatic heterocycles. The van der Waals surface area contributed by atoms with Gasteiger partial charge >= 0.3 is 0 Å². The number of benzene rings is 1. The van der Waals surface area contributed by atoms with E-state index in [1.807, 2.05) is 30.3 Å². The van der Waals surface area contributed by atoms with Crippen LogP contribution in [0.5, 0.6) is 0 Å². The smallest absolute Gasteiger partial charge is 0.0966 e. The molecule has 4 nitrogen and oxygen atoms in total. The topological polar surface area (TPSA) is 82.1 Å². The Morgan fingerprint density at radius 3 is 2.65 bits per heavy atom. The number of nitrogens with two attached hydrogens (primary N) is 1. The molecule has 0 aromatic heterocycles. The highest BCUT2D eigenvalue weighted by atomic mass is 16.3. The van der Waals surface area contributed by atoms with Crippen molar-refractivity contribution in [2.75, 3.05) is 0 Å². The summed E-state index contributed by atoms with van der Waals surface area (Å²) < 4.78 is 0.